The summed E-state index contributed by atoms with van der Waals surface area (Å²) in [7, 11) is 0. The lowest BCUT2D eigenvalue weighted by Gasteiger charge is -2.27. The zero-order chi connectivity index (χ0) is 14.3. The minimum Gasteiger partial charge on any atom is -0.491 e. The molecule has 0 fully saturated rings. The third-order valence-electron chi connectivity index (χ3n) is 2.70. The van der Waals surface area contributed by atoms with Crippen LogP contribution in [-0.4, -0.2) is 53.3 Å². The summed E-state index contributed by atoms with van der Waals surface area (Å²) in [5, 5.41) is 30.9. The highest BCUT2D eigenvalue weighted by Gasteiger charge is 2.22. The van der Waals surface area contributed by atoms with Gasteiger partial charge in [0, 0.05) is 11.0 Å². The number of rotatable bonds is 8. The zero-order valence-corrected chi connectivity index (χ0v) is 12.4. The van der Waals surface area contributed by atoms with E-state index in [1.165, 1.54) is 0 Å². The van der Waals surface area contributed by atoms with Gasteiger partial charge in [0.1, 0.15) is 18.5 Å². The molecular weight excluding hydrogens is 314 g/mol. The molecule has 108 valence electrons. The van der Waals surface area contributed by atoms with Crippen LogP contribution in [0.3, 0.4) is 0 Å². The van der Waals surface area contributed by atoms with Gasteiger partial charge in [0.05, 0.1) is 18.8 Å². The predicted molar refractivity (Wildman–Crippen MR) is 76.2 cm³/mol. The number of nitrogens with one attached hydrogen (secondary N) is 1. The van der Waals surface area contributed by atoms with E-state index in [-0.39, 0.29) is 26.4 Å². The van der Waals surface area contributed by atoms with Crippen LogP contribution in [-0.2, 0) is 0 Å². The molecule has 1 atom stereocenters. The molecule has 0 heterocycles. The lowest BCUT2D eigenvalue weighted by atomic mass is 10.1. The standard InChI is InChI=1S/C13H20BrNO4/c1-13(8-16,9-17)15-6-11(18)7-19-12-4-2-3-10(14)5-12/h2-5,11,15-18H,6-9H2,1H3. The first-order valence-electron chi connectivity index (χ1n) is 6.02. The van der Waals surface area contributed by atoms with Gasteiger partial charge in [0.2, 0.25) is 0 Å². The second-order valence-electron chi connectivity index (χ2n) is 4.68. The molecule has 0 aliphatic carbocycles. The van der Waals surface area contributed by atoms with Crippen LogP contribution in [0.2, 0.25) is 0 Å². The van der Waals surface area contributed by atoms with E-state index in [1.54, 1.807) is 13.0 Å². The van der Waals surface area contributed by atoms with Crippen LogP contribution in [0.1, 0.15) is 6.92 Å². The van der Waals surface area contributed by atoms with E-state index in [4.69, 9.17) is 14.9 Å². The Hall–Kier alpha value is -0.660. The molecule has 0 radical (unpaired) electrons. The van der Waals surface area contributed by atoms with Crippen LogP contribution in [0.15, 0.2) is 28.7 Å². The molecule has 0 aliphatic heterocycles. The van der Waals surface area contributed by atoms with Crippen LogP contribution < -0.4 is 10.1 Å². The molecule has 0 saturated heterocycles. The Labute approximate surface area is 121 Å². The van der Waals surface area contributed by atoms with E-state index < -0.39 is 11.6 Å². The first kappa shape index (κ1) is 16.4. The van der Waals surface area contributed by atoms with Gasteiger partial charge < -0.3 is 25.4 Å². The van der Waals surface area contributed by atoms with Crippen LogP contribution >= 0.6 is 15.9 Å². The summed E-state index contributed by atoms with van der Waals surface area (Å²) in [6, 6.07) is 7.35. The molecule has 5 nitrogen and oxygen atoms in total. The molecule has 0 saturated carbocycles. The second-order valence-corrected chi connectivity index (χ2v) is 5.60. The molecule has 0 bridgehead atoms. The van der Waals surface area contributed by atoms with Crippen molar-refractivity contribution in [1.29, 1.82) is 0 Å². The van der Waals surface area contributed by atoms with E-state index in [0.717, 1.165) is 4.47 Å². The monoisotopic (exact) mass is 333 g/mol. The largest absolute Gasteiger partial charge is 0.491 e. The van der Waals surface area contributed by atoms with Crippen molar-refractivity contribution >= 4 is 15.9 Å². The third-order valence-corrected chi connectivity index (χ3v) is 3.19. The highest BCUT2D eigenvalue weighted by Crippen LogP contribution is 2.17. The van der Waals surface area contributed by atoms with E-state index in [1.807, 2.05) is 18.2 Å². The molecule has 0 amide bonds. The molecule has 1 unspecified atom stereocenters. The number of halogens is 1. The summed E-state index contributed by atoms with van der Waals surface area (Å²) >= 11 is 3.33. The molecule has 19 heavy (non-hydrogen) atoms. The fraction of sp³-hybridized carbons (Fsp3) is 0.538. The summed E-state index contributed by atoms with van der Waals surface area (Å²) in [5.41, 5.74) is -0.795. The molecule has 6 heteroatoms. The van der Waals surface area contributed by atoms with Crippen LogP contribution in [0.25, 0.3) is 0 Å². The Morgan fingerprint density at radius 3 is 2.63 bits per heavy atom. The number of hydrogen-bond donors (Lipinski definition) is 4. The number of benzene rings is 1. The van der Waals surface area contributed by atoms with Crippen molar-refractivity contribution in [1.82, 2.24) is 5.32 Å². The minimum atomic E-state index is -0.795. The molecule has 0 aliphatic rings. The van der Waals surface area contributed by atoms with Gasteiger partial charge in [-0.15, -0.1) is 0 Å². The zero-order valence-electron chi connectivity index (χ0n) is 10.8. The quantitative estimate of drug-likeness (QED) is 0.557. The van der Waals surface area contributed by atoms with E-state index in [0.29, 0.717) is 5.75 Å². The van der Waals surface area contributed by atoms with E-state index in [9.17, 15) is 5.11 Å². The van der Waals surface area contributed by atoms with Crippen molar-refractivity contribution in [3.05, 3.63) is 28.7 Å². The van der Waals surface area contributed by atoms with Crippen molar-refractivity contribution in [3.63, 3.8) is 0 Å². The van der Waals surface area contributed by atoms with Crippen molar-refractivity contribution in [2.75, 3.05) is 26.4 Å². The van der Waals surface area contributed by atoms with Crippen LogP contribution in [0, 0.1) is 0 Å². The summed E-state index contributed by atoms with van der Waals surface area (Å²) in [6.45, 7) is 1.63. The number of hydrogen-bond acceptors (Lipinski definition) is 5. The molecule has 0 spiro atoms. The summed E-state index contributed by atoms with van der Waals surface area (Å²) in [4.78, 5) is 0. The lowest BCUT2D eigenvalue weighted by molar-refractivity contribution is 0.0666. The van der Waals surface area contributed by atoms with Crippen molar-refractivity contribution in [3.8, 4) is 5.75 Å². The van der Waals surface area contributed by atoms with E-state index >= 15 is 0 Å². The number of aliphatic hydroxyl groups is 3. The predicted octanol–water partition coefficient (Wildman–Crippen LogP) is 0.522. The SMILES string of the molecule is CC(CO)(CO)NCC(O)COc1cccc(Br)c1. The highest BCUT2D eigenvalue weighted by atomic mass is 79.9. The molecule has 1 rings (SSSR count). The van der Waals surface area contributed by atoms with Gasteiger partial charge in [0.15, 0.2) is 0 Å². The van der Waals surface area contributed by atoms with Gasteiger partial charge in [-0.05, 0) is 25.1 Å². The first-order valence-corrected chi connectivity index (χ1v) is 6.81. The summed E-state index contributed by atoms with van der Waals surface area (Å²) < 4.78 is 6.34. The Balaban J connectivity index is 2.34. The Morgan fingerprint density at radius 2 is 2.05 bits per heavy atom. The first-order chi connectivity index (χ1) is 8.99. The fourth-order valence-electron chi connectivity index (χ4n) is 1.33. The summed E-state index contributed by atoms with van der Waals surface area (Å²) in [6.07, 6.45) is -0.726. The average Bonchev–Trinajstić information content (AvgIpc) is 2.42. The molecule has 1 aromatic carbocycles. The van der Waals surface area contributed by atoms with Gasteiger partial charge >= 0.3 is 0 Å². The number of aliphatic hydroxyl groups excluding tert-OH is 3. The Morgan fingerprint density at radius 1 is 1.37 bits per heavy atom. The maximum Gasteiger partial charge on any atom is 0.120 e. The van der Waals surface area contributed by atoms with Crippen molar-refractivity contribution in [2.24, 2.45) is 0 Å². The Bertz CT molecular complexity index is 385. The van der Waals surface area contributed by atoms with Gasteiger partial charge in [-0.25, -0.2) is 0 Å². The summed E-state index contributed by atoms with van der Waals surface area (Å²) in [5.74, 6) is 0.667. The maximum atomic E-state index is 9.77. The number of ether oxygens (including phenoxy) is 1. The maximum absolute atomic E-state index is 9.77. The molecule has 4 N–H and O–H groups in total. The smallest absolute Gasteiger partial charge is 0.120 e. The third kappa shape index (κ3) is 5.88. The molecule has 0 aromatic heterocycles. The van der Waals surface area contributed by atoms with Gasteiger partial charge in [-0.1, -0.05) is 22.0 Å². The van der Waals surface area contributed by atoms with Gasteiger partial charge in [-0.2, -0.15) is 0 Å². The Kier molecular flexibility index (Phi) is 6.74. The van der Waals surface area contributed by atoms with E-state index in [2.05, 4.69) is 21.2 Å². The normalized spacial score (nSPS) is 13.3. The van der Waals surface area contributed by atoms with Crippen LogP contribution in [0.4, 0.5) is 0 Å². The lowest BCUT2D eigenvalue weighted by Crippen LogP contribution is -2.52. The van der Waals surface area contributed by atoms with Gasteiger partial charge in [0.25, 0.3) is 0 Å². The average molecular weight is 334 g/mol. The number of β-amino-alcohol motifs (C(OH)–C–C–N with tert-alkyl or cyclic N) is 1. The van der Waals surface area contributed by atoms with Crippen molar-refractivity contribution < 1.29 is 20.1 Å². The van der Waals surface area contributed by atoms with Gasteiger partial charge in [-0.3, -0.25) is 0 Å². The topological polar surface area (TPSA) is 82.0 Å². The highest BCUT2D eigenvalue weighted by molar-refractivity contribution is 9.10. The minimum absolute atomic E-state index is 0.135. The molecular formula is C13H20BrNO4. The fourth-order valence-corrected chi connectivity index (χ4v) is 1.71. The second kappa shape index (κ2) is 7.81. The van der Waals surface area contributed by atoms with Crippen molar-refractivity contribution in [2.45, 2.75) is 18.6 Å². The molecule has 1 aromatic rings. The van der Waals surface area contributed by atoms with Crippen LogP contribution in [0.5, 0.6) is 5.75 Å².